The van der Waals surface area contributed by atoms with Crippen LogP contribution in [0.15, 0.2) is 75.7 Å². The highest BCUT2D eigenvalue weighted by molar-refractivity contribution is 5.50. The number of morpholine rings is 1. The monoisotopic (exact) mass is 366 g/mol. The Bertz CT molecular complexity index is 855. The summed E-state index contributed by atoms with van der Waals surface area (Å²) in [5, 5.41) is 8.52. The van der Waals surface area contributed by atoms with Crippen LogP contribution in [0.2, 0.25) is 0 Å². The van der Waals surface area contributed by atoms with E-state index in [1.165, 1.54) is 0 Å². The smallest absolute Gasteiger partial charge is 0.158 e. The zero-order valence-corrected chi connectivity index (χ0v) is 15.5. The average molecular weight is 366 g/mol. The first kappa shape index (κ1) is 17.3. The summed E-state index contributed by atoms with van der Waals surface area (Å²) >= 11 is 0. The number of nitrogens with zero attached hydrogens (tertiary/aromatic N) is 4. The second kappa shape index (κ2) is 7.65. The van der Waals surface area contributed by atoms with E-state index in [-0.39, 0.29) is 5.92 Å². The molecule has 1 aliphatic carbocycles. The van der Waals surface area contributed by atoms with Gasteiger partial charge in [-0.1, -0.05) is 6.07 Å². The Morgan fingerprint density at radius 3 is 3.00 bits per heavy atom. The second-order valence-electron chi connectivity index (χ2n) is 6.46. The molecule has 4 rings (SSSR count). The minimum Gasteiger partial charge on any atom is -0.497 e. The van der Waals surface area contributed by atoms with Crippen LogP contribution in [0.5, 0.6) is 0 Å². The van der Waals surface area contributed by atoms with Crippen molar-refractivity contribution in [3.05, 3.63) is 71.0 Å². The van der Waals surface area contributed by atoms with Crippen LogP contribution in [0.3, 0.4) is 0 Å². The summed E-state index contributed by atoms with van der Waals surface area (Å²) in [6.07, 6.45) is 10.1. The Hall–Kier alpha value is -3.09. The zero-order chi connectivity index (χ0) is 18.6. The molecule has 7 heteroatoms. The van der Waals surface area contributed by atoms with Crippen LogP contribution in [-0.4, -0.2) is 43.8 Å². The number of allylic oxidation sites excluding steroid dienone is 2. The van der Waals surface area contributed by atoms with Gasteiger partial charge < -0.3 is 19.1 Å². The van der Waals surface area contributed by atoms with Gasteiger partial charge in [-0.3, -0.25) is 4.98 Å². The molecule has 0 saturated carbocycles. The van der Waals surface area contributed by atoms with Crippen molar-refractivity contribution in [1.82, 2.24) is 9.88 Å². The van der Waals surface area contributed by atoms with Gasteiger partial charge in [0.25, 0.3) is 0 Å². The summed E-state index contributed by atoms with van der Waals surface area (Å²) in [5.74, 6) is 2.56. The summed E-state index contributed by atoms with van der Waals surface area (Å²) in [7, 11) is 3.31. The van der Waals surface area contributed by atoms with Crippen LogP contribution >= 0.6 is 0 Å². The van der Waals surface area contributed by atoms with E-state index < -0.39 is 0 Å². The highest BCUT2D eigenvalue weighted by Gasteiger charge is 2.33. The molecule has 27 heavy (non-hydrogen) atoms. The maximum atomic E-state index is 5.86. The highest BCUT2D eigenvalue weighted by Crippen LogP contribution is 2.39. The van der Waals surface area contributed by atoms with Crippen LogP contribution in [0.1, 0.15) is 12.0 Å². The molecule has 0 aromatic carbocycles. The largest absolute Gasteiger partial charge is 0.497 e. The quantitative estimate of drug-likeness (QED) is 0.816. The number of methoxy groups -OCH3 is 2. The third kappa shape index (κ3) is 3.58. The number of aromatic nitrogens is 1. The fourth-order valence-corrected chi connectivity index (χ4v) is 3.52. The van der Waals surface area contributed by atoms with Crippen LogP contribution in [0.4, 0.5) is 0 Å². The highest BCUT2D eigenvalue weighted by atomic mass is 16.5. The second-order valence-corrected chi connectivity index (χ2v) is 6.46. The molecule has 0 bridgehead atoms. The van der Waals surface area contributed by atoms with E-state index in [9.17, 15) is 0 Å². The molecule has 0 N–H and O–H groups in total. The maximum Gasteiger partial charge on any atom is 0.158 e. The predicted octanol–water partition coefficient (Wildman–Crippen LogP) is 3.47. The minimum absolute atomic E-state index is 0.106. The van der Waals surface area contributed by atoms with Gasteiger partial charge in [-0.15, -0.1) is 0 Å². The predicted molar refractivity (Wildman–Crippen MR) is 99.9 cm³/mol. The molecule has 1 unspecified atom stereocenters. The lowest BCUT2D eigenvalue weighted by atomic mass is 9.90. The molecule has 3 aliphatic rings. The van der Waals surface area contributed by atoms with Crippen molar-refractivity contribution >= 4 is 6.08 Å². The van der Waals surface area contributed by atoms with E-state index in [2.05, 4.69) is 20.1 Å². The van der Waals surface area contributed by atoms with E-state index in [0.717, 1.165) is 35.0 Å². The summed E-state index contributed by atoms with van der Waals surface area (Å²) in [6, 6.07) is 3.93. The van der Waals surface area contributed by atoms with Crippen molar-refractivity contribution in [3.63, 3.8) is 0 Å². The van der Waals surface area contributed by atoms with Gasteiger partial charge in [-0.2, -0.15) is 10.2 Å². The Balaban J connectivity index is 1.56. The fourth-order valence-electron chi connectivity index (χ4n) is 3.52. The Kier molecular flexibility index (Phi) is 4.91. The average Bonchev–Trinajstić information content (AvgIpc) is 2.73. The van der Waals surface area contributed by atoms with Crippen LogP contribution < -0.4 is 0 Å². The molecule has 0 amide bonds. The van der Waals surface area contributed by atoms with Gasteiger partial charge in [0.1, 0.15) is 18.1 Å². The van der Waals surface area contributed by atoms with Gasteiger partial charge in [0.05, 0.1) is 45.1 Å². The lowest BCUT2D eigenvalue weighted by molar-refractivity contribution is 0.108. The van der Waals surface area contributed by atoms with Crippen molar-refractivity contribution in [3.8, 4) is 0 Å². The molecule has 3 heterocycles. The number of hydrogen-bond donors (Lipinski definition) is 0. The minimum atomic E-state index is 0.106. The SMILES string of the molecule is COC1=C(OC)CC2C(=C1)N=NC=C2N1CCO/C(=C/c2cccnc2)C1. The van der Waals surface area contributed by atoms with Crippen molar-refractivity contribution in [2.75, 3.05) is 33.9 Å². The molecule has 1 saturated heterocycles. The standard InChI is InChI=1S/C20H22N4O3/c1-25-19-9-16-17(10-20(19)26-2)23-22-12-18(16)24-6-7-27-15(13-24)8-14-4-3-5-21-11-14/h3-5,8,10-12,16H,6-7,9,13H2,1-2H3/b15-8+. The summed E-state index contributed by atoms with van der Waals surface area (Å²) in [4.78, 5) is 6.45. The van der Waals surface area contributed by atoms with Gasteiger partial charge in [0.15, 0.2) is 5.76 Å². The molecule has 0 spiro atoms. The number of fused-ring (bicyclic) bond motifs is 1. The molecule has 1 atom stereocenters. The molecule has 7 nitrogen and oxygen atoms in total. The Morgan fingerprint density at radius 1 is 1.30 bits per heavy atom. The molecule has 140 valence electrons. The van der Waals surface area contributed by atoms with Gasteiger partial charge in [-0.05, 0) is 17.7 Å². The fraction of sp³-hybridized carbons (Fsp3) is 0.350. The maximum absolute atomic E-state index is 5.86. The lowest BCUT2D eigenvalue weighted by Crippen LogP contribution is -2.38. The number of hydrogen-bond acceptors (Lipinski definition) is 7. The molecule has 1 fully saturated rings. The summed E-state index contributed by atoms with van der Waals surface area (Å²) in [6.45, 7) is 2.12. The first-order chi connectivity index (χ1) is 13.3. The van der Waals surface area contributed by atoms with Crippen molar-refractivity contribution in [2.24, 2.45) is 16.1 Å². The van der Waals surface area contributed by atoms with E-state index in [4.69, 9.17) is 14.2 Å². The third-order valence-corrected chi connectivity index (χ3v) is 4.86. The van der Waals surface area contributed by atoms with Gasteiger partial charge in [0.2, 0.25) is 0 Å². The van der Waals surface area contributed by atoms with Gasteiger partial charge in [-0.25, -0.2) is 0 Å². The Morgan fingerprint density at radius 2 is 2.22 bits per heavy atom. The molecular weight excluding hydrogens is 344 g/mol. The first-order valence-corrected chi connectivity index (χ1v) is 8.90. The molecule has 1 aromatic rings. The van der Waals surface area contributed by atoms with Crippen molar-refractivity contribution < 1.29 is 14.2 Å². The van der Waals surface area contributed by atoms with E-state index >= 15 is 0 Å². The summed E-state index contributed by atoms with van der Waals surface area (Å²) in [5.41, 5.74) is 3.05. The number of azo groups is 1. The topological polar surface area (TPSA) is 68.5 Å². The summed E-state index contributed by atoms with van der Waals surface area (Å²) < 4.78 is 16.8. The van der Waals surface area contributed by atoms with Gasteiger partial charge >= 0.3 is 0 Å². The normalized spacial score (nSPS) is 23.4. The molecule has 1 aromatic heterocycles. The Labute approximate surface area is 158 Å². The number of pyridine rings is 1. The number of ether oxygens (including phenoxy) is 3. The van der Waals surface area contributed by atoms with Crippen LogP contribution in [-0.2, 0) is 14.2 Å². The molecule has 2 aliphatic heterocycles. The van der Waals surface area contributed by atoms with Crippen molar-refractivity contribution in [2.45, 2.75) is 6.42 Å². The zero-order valence-electron chi connectivity index (χ0n) is 15.5. The molecule has 0 radical (unpaired) electrons. The number of rotatable bonds is 4. The lowest BCUT2D eigenvalue weighted by Gasteiger charge is -2.37. The first-order valence-electron chi connectivity index (χ1n) is 8.90. The van der Waals surface area contributed by atoms with Crippen molar-refractivity contribution in [1.29, 1.82) is 0 Å². The van der Waals surface area contributed by atoms with Gasteiger partial charge in [0, 0.05) is 30.6 Å². The van der Waals surface area contributed by atoms with Crippen LogP contribution in [0, 0.1) is 5.92 Å². The van der Waals surface area contributed by atoms with E-state index in [1.54, 1.807) is 20.4 Å². The van der Waals surface area contributed by atoms with E-state index in [1.807, 2.05) is 36.7 Å². The van der Waals surface area contributed by atoms with E-state index in [0.29, 0.717) is 25.3 Å². The third-order valence-electron chi connectivity index (χ3n) is 4.86. The van der Waals surface area contributed by atoms with Crippen LogP contribution in [0.25, 0.3) is 6.08 Å². The molecular formula is C20H22N4O3.